The van der Waals surface area contributed by atoms with Crippen LogP contribution in [0.3, 0.4) is 0 Å². The average molecular weight is 378 g/mol. The molecule has 1 aliphatic carbocycles. The van der Waals surface area contributed by atoms with Crippen LogP contribution < -0.4 is 16.8 Å². The van der Waals surface area contributed by atoms with Crippen molar-refractivity contribution in [2.45, 2.75) is 32.2 Å². The number of aromatic nitrogens is 1. The van der Waals surface area contributed by atoms with Gasteiger partial charge in [-0.2, -0.15) is 0 Å². The van der Waals surface area contributed by atoms with Gasteiger partial charge in [-0.15, -0.1) is 0 Å². The first-order chi connectivity index (χ1) is 13.4. The number of benzene rings is 2. The molecule has 0 fully saturated rings. The van der Waals surface area contributed by atoms with E-state index in [2.05, 4.69) is 10.3 Å². The number of carboxylic acid groups (broad SMARTS) is 1. The number of anilines is 1. The molecule has 7 N–H and O–H groups in total. The quantitative estimate of drug-likeness (QED) is 0.448. The number of primary amides is 1. The third-order valence-electron chi connectivity index (χ3n) is 5.60. The summed E-state index contributed by atoms with van der Waals surface area (Å²) in [5, 5.41) is 12.5. The maximum absolute atomic E-state index is 12.0. The standard InChI is InChI=1S/C21H22N4O3/c1-10-12(3-2-4-16(10)22)13-7-8-15(20(23)26)19-18(13)14-6-5-11(24-21(27)28)9-17(14)25-19/h2-4,7-8,11,24-25H,5-6,9,22H2,1H3,(H2,23,26)(H,27,28). The summed E-state index contributed by atoms with van der Waals surface area (Å²) >= 11 is 0. The topological polar surface area (TPSA) is 134 Å². The second-order valence-electron chi connectivity index (χ2n) is 7.27. The zero-order valence-corrected chi connectivity index (χ0v) is 15.5. The van der Waals surface area contributed by atoms with Gasteiger partial charge in [-0.1, -0.05) is 18.2 Å². The largest absolute Gasteiger partial charge is 0.465 e. The first-order valence-corrected chi connectivity index (χ1v) is 9.18. The van der Waals surface area contributed by atoms with Crippen LogP contribution in [0.15, 0.2) is 30.3 Å². The summed E-state index contributed by atoms with van der Waals surface area (Å²) in [6.07, 6.45) is 0.918. The van der Waals surface area contributed by atoms with Crippen LogP contribution in [0, 0.1) is 6.92 Å². The maximum atomic E-state index is 12.0. The Labute approximate surface area is 161 Å². The number of carbonyl (C=O) groups excluding carboxylic acids is 1. The lowest BCUT2D eigenvalue weighted by Gasteiger charge is -2.22. The van der Waals surface area contributed by atoms with Crippen LogP contribution in [0.5, 0.6) is 0 Å². The number of rotatable bonds is 3. The number of fused-ring (bicyclic) bond motifs is 3. The second-order valence-corrected chi connectivity index (χ2v) is 7.27. The van der Waals surface area contributed by atoms with Crippen LogP contribution in [0.1, 0.15) is 33.6 Å². The Morgan fingerprint density at radius 1 is 1.21 bits per heavy atom. The zero-order valence-electron chi connectivity index (χ0n) is 15.5. The van der Waals surface area contributed by atoms with Crippen molar-refractivity contribution in [2.75, 3.05) is 5.73 Å². The highest BCUT2D eigenvalue weighted by Gasteiger charge is 2.27. The first-order valence-electron chi connectivity index (χ1n) is 9.18. The number of amides is 2. The molecule has 7 heteroatoms. The van der Waals surface area contributed by atoms with Crippen LogP contribution in [-0.4, -0.2) is 28.1 Å². The Kier molecular flexibility index (Phi) is 4.22. The molecule has 0 saturated carbocycles. The molecule has 28 heavy (non-hydrogen) atoms. The van der Waals surface area contributed by atoms with Crippen molar-refractivity contribution in [1.29, 1.82) is 0 Å². The van der Waals surface area contributed by atoms with Gasteiger partial charge >= 0.3 is 6.09 Å². The first kappa shape index (κ1) is 17.9. The molecular formula is C21H22N4O3. The van der Waals surface area contributed by atoms with Gasteiger partial charge in [0.25, 0.3) is 5.91 Å². The van der Waals surface area contributed by atoms with Gasteiger partial charge in [-0.05, 0) is 54.2 Å². The predicted octanol–water partition coefficient (Wildman–Crippen LogP) is 2.95. The molecule has 1 aromatic heterocycles. The number of hydrogen-bond donors (Lipinski definition) is 5. The fourth-order valence-electron chi connectivity index (χ4n) is 4.21. The molecule has 2 aromatic carbocycles. The lowest BCUT2D eigenvalue weighted by molar-refractivity contribution is 0.100. The number of hydrogen-bond acceptors (Lipinski definition) is 3. The SMILES string of the molecule is Cc1c(N)cccc1-c1ccc(C(N)=O)c2[nH]c3c(c12)CCC(NC(=O)O)C3. The molecule has 0 aliphatic heterocycles. The minimum atomic E-state index is -1.03. The number of carbonyl (C=O) groups is 2. The van der Waals surface area contributed by atoms with Gasteiger partial charge in [0.05, 0.1) is 11.1 Å². The number of aryl methyl sites for hydroxylation is 1. The second kappa shape index (κ2) is 6.60. The normalized spacial score (nSPS) is 16.0. The minimum absolute atomic E-state index is 0.160. The van der Waals surface area contributed by atoms with Crippen LogP contribution in [0.2, 0.25) is 0 Å². The van der Waals surface area contributed by atoms with Crippen LogP contribution in [-0.2, 0) is 12.8 Å². The molecule has 2 amide bonds. The Balaban J connectivity index is 1.95. The van der Waals surface area contributed by atoms with Gasteiger partial charge in [0.2, 0.25) is 0 Å². The van der Waals surface area contributed by atoms with Crippen molar-refractivity contribution in [1.82, 2.24) is 10.3 Å². The van der Waals surface area contributed by atoms with Gasteiger partial charge in [-0.3, -0.25) is 4.79 Å². The molecule has 1 aliphatic rings. The van der Waals surface area contributed by atoms with E-state index in [0.29, 0.717) is 36.0 Å². The van der Waals surface area contributed by atoms with E-state index in [4.69, 9.17) is 16.6 Å². The van der Waals surface area contributed by atoms with Crippen molar-refractivity contribution < 1.29 is 14.7 Å². The third kappa shape index (κ3) is 2.85. The summed E-state index contributed by atoms with van der Waals surface area (Å²) in [6, 6.07) is 9.28. The highest BCUT2D eigenvalue weighted by molar-refractivity contribution is 6.11. The number of nitrogen functional groups attached to an aromatic ring is 1. The molecular weight excluding hydrogens is 356 g/mol. The Morgan fingerprint density at radius 2 is 2.00 bits per heavy atom. The highest BCUT2D eigenvalue weighted by atomic mass is 16.4. The zero-order chi connectivity index (χ0) is 20.0. The Bertz CT molecular complexity index is 1120. The predicted molar refractivity (Wildman–Crippen MR) is 108 cm³/mol. The molecule has 1 unspecified atom stereocenters. The van der Waals surface area contributed by atoms with E-state index in [1.54, 1.807) is 6.07 Å². The lowest BCUT2D eigenvalue weighted by atomic mass is 9.87. The fourth-order valence-corrected chi connectivity index (χ4v) is 4.21. The number of nitrogens with one attached hydrogen (secondary N) is 2. The molecule has 0 radical (unpaired) electrons. The van der Waals surface area contributed by atoms with Gasteiger partial charge in [-0.25, -0.2) is 4.79 Å². The van der Waals surface area contributed by atoms with Gasteiger partial charge in [0, 0.05) is 29.2 Å². The van der Waals surface area contributed by atoms with E-state index < -0.39 is 12.0 Å². The number of H-pyrrole nitrogens is 1. The monoisotopic (exact) mass is 378 g/mol. The van der Waals surface area contributed by atoms with Crippen LogP contribution in [0.25, 0.3) is 22.0 Å². The van der Waals surface area contributed by atoms with E-state index in [1.807, 2.05) is 31.2 Å². The van der Waals surface area contributed by atoms with E-state index in [0.717, 1.165) is 33.3 Å². The molecule has 4 rings (SSSR count). The van der Waals surface area contributed by atoms with Crippen molar-refractivity contribution in [2.24, 2.45) is 5.73 Å². The van der Waals surface area contributed by atoms with Crippen molar-refractivity contribution in [3.8, 4) is 11.1 Å². The van der Waals surface area contributed by atoms with Gasteiger partial charge in [0.15, 0.2) is 0 Å². The summed E-state index contributed by atoms with van der Waals surface area (Å²) in [4.78, 5) is 26.4. The van der Waals surface area contributed by atoms with Gasteiger partial charge in [0.1, 0.15) is 0 Å². The van der Waals surface area contributed by atoms with Crippen molar-refractivity contribution >= 4 is 28.6 Å². The summed E-state index contributed by atoms with van der Waals surface area (Å²) in [7, 11) is 0. The smallest absolute Gasteiger partial charge is 0.404 e. The van der Waals surface area contributed by atoms with E-state index in [1.165, 1.54) is 0 Å². The molecule has 0 bridgehead atoms. The maximum Gasteiger partial charge on any atom is 0.404 e. The minimum Gasteiger partial charge on any atom is -0.465 e. The summed E-state index contributed by atoms with van der Waals surface area (Å²) in [5.41, 5.74) is 18.6. The molecule has 1 atom stereocenters. The average Bonchev–Trinajstić information content (AvgIpc) is 3.01. The van der Waals surface area contributed by atoms with Crippen LogP contribution >= 0.6 is 0 Å². The highest BCUT2D eigenvalue weighted by Crippen LogP contribution is 2.39. The summed E-state index contributed by atoms with van der Waals surface area (Å²) in [5.74, 6) is -0.500. The summed E-state index contributed by atoms with van der Waals surface area (Å²) < 4.78 is 0. The van der Waals surface area contributed by atoms with Crippen molar-refractivity contribution in [3.05, 3.63) is 52.7 Å². The van der Waals surface area contributed by atoms with Crippen molar-refractivity contribution in [3.63, 3.8) is 0 Å². The molecule has 3 aromatic rings. The molecule has 1 heterocycles. The van der Waals surface area contributed by atoms with Gasteiger partial charge < -0.3 is 26.9 Å². The number of nitrogens with two attached hydrogens (primary N) is 2. The summed E-state index contributed by atoms with van der Waals surface area (Å²) in [6.45, 7) is 1.98. The van der Waals surface area contributed by atoms with E-state index in [-0.39, 0.29) is 6.04 Å². The van der Waals surface area contributed by atoms with E-state index >= 15 is 0 Å². The lowest BCUT2D eigenvalue weighted by Crippen LogP contribution is -2.37. The Morgan fingerprint density at radius 3 is 2.71 bits per heavy atom. The molecule has 144 valence electrons. The van der Waals surface area contributed by atoms with Crippen LogP contribution in [0.4, 0.5) is 10.5 Å². The molecule has 0 spiro atoms. The molecule has 7 nitrogen and oxygen atoms in total. The fraction of sp³-hybridized carbons (Fsp3) is 0.238. The number of aromatic amines is 1. The third-order valence-corrected chi connectivity index (χ3v) is 5.60. The van der Waals surface area contributed by atoms with E-state index in [9.17, 15) is 9.59 Å². The Hall–Kier alpha value is -3.48. The molecule has 0 saturated heterocycles.